The van der Waals surface area contributed by atoms with Gasteiger partial charge in [-0.1, -0.05) is 13.8 Å². The van der Waals surface area contributed by atoms with Crippen LogP contribution in [0.5, 0.6) is 0 Å². The fourth-order valence-electron chi connectivity index (χ4n) is 2.60. The summed E-state index contributed by atoms with van der Waals surface area (Å²) in [6.45, 7) is 9.09. The summed E-state index contributed by atoms with van der Waals surface area (Å²) in [6.07, 6.45) is 1.29. The lowest BCUT2D eigenvalue weighted by molar-refractivity contribution is -0.0976. The summed E-state index contributed by atoms with van der Waals surface area (Å²) >= 11 is 0. The molecule has 4 heteroatoms. The number of anilines is 1. The predicted molar refractivity (Wildman–Crippen MR) is 74.9 cm³/mol. The Hall–Kier alpha value is -1.60. The molecule has 1 fully saturated rings. The first-order valence-corrected chi connectivity index (χ1v) is 6.74. The van der Waals surface area contributed by atoms with Crippen LogP contribution in [0, 0.1) is 23.7 Å². The molecule has 1 saturated carbocycles. The molecule has 2 rings (SSSR count). The van der Waals surface area contributed by atoms with Crippen LogP contribution in [0.2, 0.25) is 0 Å². The molecule has 0 radical (unpaired) electrons. The summed E-state index contributed by atoms with van der Waals surface area (Å²) in [5, 5.41) is 12.4. The van der Waals surface area contributed by atoms with Crippen molar-refractivity contribution in [2.24, 2.45) is 5.41 Å². The highest BCUT2D eigenvalue weighted by atomic mass is 16.5. The van der Waals surface area contributed by atoms with E-state index in [9.17, 15) is 0 Å². The van der Waals surface area contributed by atoms with E-state index in [4.69, 9.17) is 10.00 Å². The predicted octanol–water partition coefficient (Wildman–Crippen LogP) is 2.88. The number of hydrogen-bond donors (Lipinski definition) is 1. The van der Waals surface area contributed by atoms with Crippen molar-refractivity contribution < 1.29 is 4.74 Å². The summed E-state index contributed by atoms with van der Waals surface area (Å²) < 4.78 is 5.72. The molecule has 0 saturated heterocycles. The standard InChI is InChI=1S/C15H21N3O/c1-5-19-13-8-12(15(13,3)4)18-14-7-11(9-16)6-10(2)17-14/h6-7,12-13H,5,8H2,1-4H3,(H,17,18). The van der Waals surface area contributed by atoms with Crippen molar-refractivity contribution >= 4 is 5.82 Å². The van der Waals surface area contributed by atoms with E-state index in [0.717, 1.165) is 24.5 Å². The highest BCUT2D eigenvalue weighted by Gasteiger charge is 2.49. The maximum Gasteiger partial charge on any atom is 0.127 e. The number of aryl methyl sites for hydroxylation is 1. The molecular weight excluding hydrogens is 238 g/mol. The number of nitrogens with one attached hydrogen (secondary N) is 1. The van der Waals surface area contributed by atoms with Crippen LogP contribution in [0.25, 0.3) is 0 Å². The van der Waals surface area contributed by atoms with Gasteiger partial charge in [0.25, 0.3) is 0 Å². The molecular formula is C15H21N3O. The van der Waals surface area contributed by atoms with E-state index >= 15 is 0 Å². The first kappa shape index (κ1) is 13.8. The Morgan fingerprint density at radius 2 is 2.26 bits per heavy atom. The zero-order valence-corrected chi connectivity index (χ0v) is 12.0. The number of nitrogens with zero attached hydrogens (tertiary/aromatic N) is 2. The quantitative estimate of drug-likeness (QED) is 0.903. The molecule has 1 aliphatic carbocycles. The van der Waals surface area contributed by atoms with E-state index in [1.54, 1.807) is 12.1 Å². The van der Waals surface area contributed by atoms with Crippen molar-refractivity contribution in [1.29, 1.82) is 5.26 Å². The van der Waals surface area contributed by atoms with Gasteiger partial charge in [-0.25, -0.2) is 4.98 Å². The number of ether oxygens (including phenoxy) is 1. The molecule has 2 atom stereocenters. The third-order valence-electron chi connectivity index (χ3n) is 3.95. The summed E-state index contributed by atoms with van der Waals surface area (Å²) in [7, 11) is 0. The van der Waals surface area contributed by atoms with E-state index in [2.05, 4.69) is 30.2 Å². The minimum Gasteiger partial charge on any atom is -0.378 e. The molecule has 1 aliphatic rings. The topological polar surface area (TPSA) is 57.9 Å². The van der Waals surface area contributed by atoms with Crippen molar-refractivity contribution in [2.75, 3.05) is 11.9 Å². The van der Waals surface area contributed by atoms with Crippen LogP contribution in [0.4, 0.5) is 5.82 Å². The third kappa shape index (κ3) is 2.71. The second-order valence-corrected chi connectivity index (χ2v) is 5.69. The number of pyridine rings is 1. The molecule has 0 aliphatic heterocycles. The average molecular weight is 259 g/mol. The largest absolute Gasteiger partial charge is 0.378 e. The summed E-state index contributed by atoms with van der Waals surface area (Å²) in [6, 6.07) is 6.09. The Labute approximate surface area is 114 Å². The smallest absolute Gasteiger partial charge is 0.127 e. The van der Waals surface area contributed by atoms with Gasteiger partial charge in [0.2, 0.25) is 0 Å². The first-order valence-electron chi connectivity index (χ1n) is 6.74. The fourth-order valence-corrected chi connectivity index (χ4v) is 2.60. The molecule has 1 N–H and O–H groups in total. The molecule has 1 heterocycles. The molecule has 102 valence electrons. The zero-order valence-electron chi connectivity index (χ0n) is 12.0. The van der Waals surface area contributed by atoms with Crippen molar-refractivity contribution in [2.45, 2.75) is 46.3 Å². The third-order valence-corrected chi connectivity index (χ3v) is 3.95. The number of hydrogen-bond acceptors (Lipinski definition) is 4. The molecule has 0 amide bonds. The van der Waals surface area contributed by atoms with Crippen LogP contribution in [0.15, 0.2) is 12.1 Å². The van der Waals surface area contributed by atoms with E-state index in [-0.39, 0.29) is 5.41 Å². The van der Waals surface area contributed by atoms with Gasteiger partial charge in [-0.2, -0.15) is 5.26 Å². The maximum absolute atomic E-state index is 8.98. The van der Waals surface area contributed by atoms with Crippen molar-refractivity contribution in [3.63, 3.8) is 0 Å². The van der Waals surface area contributed by atoms with Gasteiger partial charge in [0, 0.05) is 23.8 Å². The van der Waals surface area contributed by atoms with Crippen LogP contribution >= 0.6 is 0 Å². The number of rotatable bonds is 4. The van der Waals surface area contributed by atoms with E-state index in [1.807, 2.05) is 13.8 Å². The lowest BCUT2D eigenvalue weighted by Gasteiger charge is -2.51. The molecule has 19 heavy (non-hydrogen) atoms. The van der Waals surface area contributed by atoms with Crippen LogP contribution in [0.3, 0.4) is 0 Å². The molecule has 2 unspecified atom stereocenters. The summed E-state index contributed by atoms with van der Waals surface area (Å²) in [5.41, 5.74) is 1.60. The van der Waals surface area contributed by atoms with Crippen molar-refractivity contribution in [3.8, 4) is 6.07 Å². The van der Waals surface area contributed by atoms with Gasteiger partial charge in [-0.3, -0.25) is 0 Å². The fraction of sp³-hybridized carbons (Fsp3) is 0.600. The van der Waals surface area contributed by atoms with Gasteiger partial charge in [0.15, 0.2) is 0 Å². The molecule has 1 aromatic rings. The average Bonchev–Trinajstić information content (AvgIpc) is 2.37. The Morgan fingerprint density at radius 3 is 2.84 bits per heavy atom. The summed E-state index contributed by atoms with van der Waals surface area (Å²) in [4.78, 5) is 4.44. The minimum absolute atomic E-state index is 0.0915. The molecule has 1 aromatic heterocycles. The van der Waals surface area contributed by atoms with E-state index < -0.39 is 0 Å². The van der Waals surface area contributed by atoms with Gasteiger partial charge < -0.3 is 10.1 Å². The Bertz CT molecular complexity index is 505. The highest BCUT2D eigenvalue weighted by molar-refractivity contribution is 5.46. The SMILES string of the molecule is CCOC1CC(Nc2cc(C#N)cc(C)n2)C1(C)C. The van der Waals surface area contributed by atoms with E-state index in [1.165, 1.54) is 0 Å². The highest BCUT2D eigenvalue weighted by Crippen LogP contribution is 2.44. The van der Waals surface area contributed by atoms with E-state index in [0.29, 0.717) is 17.7 Å². The van der Waals surface area contributed by atoms with Crippen LogP contribution in [-0.4, -0.2) is 23.7 Å². The normalized spacial score (nSPS) is 24.4. The molecule has 0 aromatic carbocycles. The second-order valence-electron chi connectivity index (χ2n) is 5.69. The minimum atomic E-state index is 0.0915. The van der Waals surface area contributed by atoms with Crippen molar-refractivity contribution in [1.82, 2.24) is 4.98 Å². The number of nitriles is 1. The Balaban J connectivity index is 2.07. The van der Waals surface area contributed by atoms with Gasteiger partial charge >= 0.3 is 0 Å². The van der Waals surface area contributed by atoms with Crippen LogP contribution in [0.1, 0.15) is 38.4 Å². The second kappa shape index (κ2) is 5.18. The first-order chi connectivity index (χ1) is 8.97. The maximum atomic E-state index is 8.98. The van der Waals surface area contributed by atoms with Gasteiger partial charge in [0.05, 0.1) is 17.7 Å². The molecule has 0 spiro atoms. The van der Waals surface area contributed by atoms with Crippen molar-refractivity contribution in [3.05, 3.63) is 23.4 Å². The molecule has 0 bridgehead atoms. The summed E-state index contributed by atoms with van der Waals surface area (Å²) in [5.74, 6) is 0.782. The van der Waals surface area contributed by atoms with Crippen LogP contribution < -0.4 is 5.32 Å². The lowest BCUT2D eigenvalue weighted by atomic mass is 9.64. The van der Waals surface area contributed by atoms with Gasteiger partial charge in [-0.05, 0) is 32.4 Å². The van der Waals surface area contributed by atoms with Gasteiger partial charge in [-0.15, -0.1) is 0 Å². The monoisotopic (exact) mass is 259 g/mol. The van der Waals surface area contributed by atoms with Gasteiger partial charge in [0.1, 0.15) is 5.82 Å². The Kier molecular flexibility index (Phi) is 3.77. The molecule has 4 nitrogen and oxygen atoms in total. The number of aromatic nitrogens is 1. The lowest BCUT2D eigenvalue weighted by Crippen LogP contribution is -2.58. The Morgan fingerprint density at radius 1 is 1.53 bits per heavy atom. The van der Waals surface area contributed by atoms with Crippen LogP contribution in [-0.2, 0) is 4.74 Å². The zero-order chi connectivity index (χ0) is 14.0.